The second-order valence-electron chi connectivity index (χ2n) is 5.35. The number of benzene rings is 2. The molecule has 0 spiro atoms. The van der Waals surface area contributed by atoms with E-state index in [1.807, 2.05) is 19.1 Å². The number of aryl methyl sites for hydroxylation is 1. The van der Waals surface area contributed by atoms with Crippen molar-refractivity contribution in [1.82, 2.24) is 5.43 Å². The van der Waals surface area contributed by atoms with Crippen molar-refractivity contribution in [3.63, 3.8) is 0 Å². The predicted octanol–water partition coefficient (Wildman–Crippen LogP) is 1.79. The summed E-state index contributed by atoms with van der Waals surface area (Å²) in [6.07, 6.45) is 1.37. The number of nitrogens with zero attached hydrogens (tertiary/aromatic N) is 1. The lowest BCUT2D eigenvalue weighted by Gasteiger charge is -2.07. The molecule has 0 unspecified atom stereocenters. The van der Waals surface area contributed by atoms with Crippen LogP contribution in [0.2, 0.25) is 0 Å². The summed E-state index contributed by atoms with van der Waals surface area (Å²) in [5, 5.41) is 6.24. The normalized spacial score (nSPS) is 10.3. The van der Waals surface area contributed by atoms with E-state index >= 15 is 0 Å². The second-order valence-corrected chi connectivity index (χ2v) is 5.35. The lowest BCUT2D eigenvalue weighted by atomic mass is 10.1. The number of nitrogens with one attached hydrogen (secondary N) is 2. The molecule has 26 heavy (non-hydrogen) atoms. The maximum absolute atomic E-state index is 12.0. The van der Waals surface area contributed by atoms with E-state index in [2.05, 4.69) is 15.8 Å². The molecule has 0 bridgehead atoms. The average molecular weight is 354 g/mol. The molecule has 134 valence electrons. The maximum atomic E-state index is 12.0. The van der Waals surface area contributed by atoms with Crippen LogP contribution >= 0.6 is 0 Å². The van der Waals surface area contributed by atoms with Gasteiger partial charge >= 0.3 is 12.0 Å². The van der Waals surface area contributed by atoms with Crippen LogP contribution in [0.4, 0.5) is 10.5 Å². The number of hydrazone groups is 1. The van der Waals surface area contributed by atoms with Crippen LogP contribution in [0.3, 0.4) is 0 Å². The predicted molar refractivity (Wildman–Crippen MR) is 96.8 cm³/mol. The molecular formula is C18H18N4O4. The standard InChI is InChI=1S/C18H18N4O4/c1-12-2-8-15(9-3-12)21-16(23)11-26-17(24)14-6-4-13(5-7-14)10-20-22-18(19)25/h2-10H,11H2,1H3,(H,21,23)(H3,19,22,25)/b20-10-. The van der Waals surface area contributed by atoms with Gasteiger partial charge in [-0.05, 0) is 36.8 Å². The first-order valence-corrected chi connectivity index (χ1v) is 7.66. The van der Waals surface area contributed by atoms with Gasteiger partial charge in [-0.15, -0.1) is 0 Å². The molecule has 3 amide bonds. The first kappa shape index (κ1) is 18.7. The van der Waals surface area contributed by atoms with Crippen molar-refractivity contribution >= 4 is 29.8 Å². The Hall–Kier alpha value is -3.68. The van der Waals surface area contributed by atoms with Gasteiger partial charge in [-0.3, -0.25) is 4.79 Å². The zero-order valence-electron chi connectivity index (χ0n) is 14.1. The van der Waals surface area contributed by atoms with Crippen LogP contribution < -0.4 is 16.5 Å². The Balaban J connectivity index is 1.83. The largest absolute Gasteiger partial charge is 0.452 e. The minimum atomic E-state index is -0.773. The first-order valence-electron chi connectivity index (χ1n) is 7.66. The molecule has 0 aliphatic heterocycles. The third-order valence-corrected chi connectivity index (χ3v) is 3.20. The highest BCUT2D eigenvalue weighted by Gasteiger charge is 2.10. The van der Waals surface area contributed by atoms with Crippen molar-refractivity contribution in [1.29, 1.82) is 0 Å². The van der Waals surface area contributed by atoms with Crippen LogP contribution in [0.5, 0.6) is 0 Å². The van der Waals surface area contributed by atoms with E-state index in [1.54, 1.807) is 24.3 Å². The summed E-state index contributed by atoms with van der Waals surface area (Å²) in [6, 6.07) is 12.7. The molecule has 0 saturated carbocycles. The maximum Gasteiger partial charge on any atom is 0.338 e. The van der Waals surface area contributed by atoms with Crippen molar-refractivity contribution in [2.24, 2.45) is 10.8 Å². The molecule has 0 aliphatic rings. The lowest BCUT2D eigenvalue weighted by molar-refractivity contribution is -0.119. The third kappa shape index (κ3) is 6.08. The molecule has 0 atom stereocenters. The van der Waals surface area contributed by atoms with Gasteiger partial charge in [-0.1, -0.05) is 29.8 Å². The highest BCUT2D eigenvalue weighted by molar-refractivity contribution is 5.95. The Morgan fingerprint density at radius 3 is 2.35 bits per heavy atom. The smallest absolute Gasteiger partial charge is 0.338 e. The Morgan fingerprint density at radius 1 is 1.08 bits per heavy atom. The Morgan fingerprint density at radius 2 is 1.73 bits per heavy atom. The third-order valence-electron chi connectivity index (χ3n) is 3.20. The molecule has 0 radical (unpaired) electrons. The molecule has 2 aromatic carbocycles. The van der Waals surface area contributed by atoms with Crippen LogP contribution in [0.15, 0.2) is 53.6 Å². The van der Waals surface area contributed by atoms with Crippen LogP contribution in [0.25, 0.3) is 0 Å². The summed E-state index contributed by atoms with van der Waals surface area (Å²) in [7, 11) is 0. The number of nitrogens with two attached hydrogens (primary N) is 1. The number of hydrogen-bond donors (Lipinski definition) is 3. The quantitative estimate of drug-likeness (QED) is 0.416. The van der Waals surface area contributed by atoms with Crippen LogP contribution in [0.1, 0.15) is 21.5 Å². The van der Waals surface area contributed by atoms with Gasteiger partial charge in [-0.2, -0.15) is 5.10 Å². The number of carbonyl (C=O) groups excluding carboxylic acids is 3. The fourth-order valence-electron chi connectivity index (χ4n) is 1.92. The van der Waals surface area contributed by atoms with Gasteiger partial charge in [0.25, 0.3) is 5.91 Å². The summed E-state index contributed by atoms with van der Waals surface area (Å²) in [5.74, 6) is -1.05. The van der Waals surface area contributed by atoms with Gasteiger partial charge in [0.15, 0.2) is 6.61 Å². The van der Waals surface area contributed by atoms with Crippen molar-refractivity contribution in [3.8, 4) is 0 Å². The fourth-order valence-corrected chi connectivity index (χ4v) is 1.92. The van der Waals surface area contributed by atoms with Gasteiger partial charge in [0.1, 0.15) is 0 Å². The van der Waals surface area contributed by atoms with Gasteiger partial charge in [0.2, 0.25) is 0 Å². The molecule has 0 heterocycles. The molecular weight excluding hydrogens is 336 g/mol. The van der Waals surface area contributed by atoms with Crippen LogP contribution in [0, 0.1) is 6.92 Å². The zero-order chi connectivity index (χ0) is 18.9. The monoisotopic (exact) mass is 354 g/mol. The highest BCUT2D eigenvalue weighted by atomic mass is 16.5. The molecule has 2 rings (SSSR count). The van der Waals surface area contributed by atoms with E-state index < -0.39 is 24.5 Å². The Labute approximate surface area is 150 Å². The molecule has 0 aromatic heterocycles. The number of esters is 1. The van der Waals surface area contributed by atoms with Crippen molar-refractivity contribution in [2.45, 2.75) is 6.92 Å². The highest BCUT2D eigenvalue weighted by Crippen LogP contribution is 2.09. The average Bonchev–Trinajstić information content (AvgIpc) is 2.62. The van der Waals surface area contributed by atoms with Gasteiger partial charge in [-0.25, -0.2) is 15.0 Å². The van der Waals surface area contributed by atoms with E-state index in [0.29, 0.717) is 11.3 Å². The number of carbonyl (C=O) groups is 3. The SMILES string of the molecule is Cc1ccc(NC(=O)COC(=O)c2ccc(/C=N\NC(N)=O)cc2)cc1. The van der Waals surface area contributed by atoms with Crippen LogP contribution in [-0.2, 0) is 9.53 Å². The molecule has 0 fully saturated rings. The molecule has 8 heteroatoms. The zero-order valence-corrected chi connectivity index (χ0v) is 14.1. The lowest BCUT2D eigenvalue weighted by Crippen LogP contribution is -2.24. The minimum Gasteiger partial charge on any atom is -0.452 e. The number of ether oxygens (including phenoxy) is 1. The summed E-state index contributed by atoms with van der Waals surface area (Å²) in [4.78, 5) is 34.3. The van der Waals surface area contributed by atoms with Crippen molar-refractivity contribution in [2.75, 3.05) is 11.9 Å². The van der Waals surface area contributed by atoms with Gasteiger partial charge in [0, 0.05) is 5.69 Å². The van der Waals surface area contributed by atoms with E-state index in [1.165, 1.54) is 18.3 Å². The number of rotatable bonds is 6. The second kappa shape index (κ2) is 8.97. The van der Waals surface area contributed by atoms with E-state index in [0.717, 1.165) is 5.56 Å². The molecule has 0 saturated heterocycles. The van der Waals surface area contributed by atoms with E-state index in [4.69, 9.17) is 10.5 Å². The van der Waals surface area contributed by atoms with E-state index in [9.17, 15) is 14.4 Å². The summed E-state index contributed by atoms with van der Waals surface area (Å²) < 4.78 is 4.98. The molecule has 4 N–H and O–H groups in total. The summed E-state index contributed by atoms with van der Waals surface area (Å²) >= 11 is 0. The Bertz CT molecular complexity index is 814. The Kier molecular flexibility index (Phi) is 6.44. The fraction of sp³-hybridized carbons (Fsp3) is 0.111. The molecule has 0 aliphatic carbocycles. The van der Waals surface area contributed by atoms with Gasteiger partial charge < -0.3 is 15.8 Å². The molecule has 8 nitrogen and oxygen atoms in total. The topological polar surface area (TPSA) is 123 Å². The first-order chi connectivity index (χ1) is 12.4. The number of urea groups is 1. The number of hydrogen-bond acceptors (Lipinski definition) is 5. The van der Waals surface area contributed by atoms with Crippen molar-refractivity contribution in [3.05, 3.63) is 65.2 Å². The molecule has 2 aromatic rings. The number of amides is 3. The van der Waals surface area contributed by atoms with Gasteiger partial charge in [0.05, 0.1) is 11.8 Å². The number of anilines is 1. The van der Waals surface area contributed by atoms with Crippen LogP contribution in [-0.4, -0.2) is 30.7 Å². The number of primary amides is 1. The summed E-state index contributed by atoms with van der Waals surface area (Å²) in [5.41, 5.74) is 9.57. The minimum absolute atomic E-state index is 0.285. The van der Waals surface area contributed by atoms with Crippen molar-refractivity contribution < 1.29 is 19.1 Å². The van der Waals surface area contributed by atoms with E-state index in [-0.39, 0.29) is 5.56 Å². The summed E-state index contributed by atoms with van der Waals surface area (Å²) in [6.45, 7) is 1.55.